The first-order valence-electron chi connectivity index (χ1n) is 5.81. The maximum atomic E-state index is 12.2. The van der Waals surface area contributed by atoms with Crippen LogP contribution < -0.4 is 4.74 Å². The van der Waals surface area contributed by atoms with Gasteiger partial charge in [0.25, 0.3) is 0 Å². The van der Waals surface area contributed by atoms with Crippen LogP contribution >= 0.6 is 0 Å². The molecule has 0 fully saturated rings. The fraction of sp³-hybridized carbons (Fsp3) is 0.143. The van der Waals surface area contributed by atoms with E-state index in [1.165, 1.54) is 19.2 Å². The second kappa shape index (κ2) is 6.29. The number of carboxylic acid groups (broad SMARTS) is 1. The van der Waals surface area contributed by atoms with E-state index in [9.17, 15) is 9.00 Å². The number of rotatable bonds is 5. The van der Waals surface area contributed by atoms with Gasteiger partial charge in [0.05, 0.1) is 29.2 Å². The van der Waals surface area contributed by atoms with Gasteiger partial charge in [-0.05, 0) is 30.3 Å². The first-order chi connectivity index (χ1) is 9.61. The topological polar surface area (TPSA) is 76.5 Å². The molecule has 2 aromatic rings. The minimum Gasteiger partial charge on any atom is -0.481 e. The van der Waals surface area contributed by atoms with E-state index in [4.69, 9.17) is 9.84 Å². The molecule has 0 saturated heterocycles. The number of pyridine rings is 1. The van der Waals surface area contributed by atoms with E-state index in [2.05, 4.69) is 4.98 Å². The quantitative estimate of drug-likeness (QED) is 0.913. The van der Waals surface area contributed by atoms with Crippen LogP contribution in [0.1, 0.15) is 15.9 Å². The lowest BCUT2D eigenvalue weighted by molar-refractivity contribution is 0.0697. The smallest absolute Gasteiger partial charge is 0.335 e. The number of aromatic carboxylic acids is 1. The number of carboxylic acids is 1. The van der Waals surface area contributed by atoms with Crippen molar-refractivity contribution in [2.24, 2.45) is 0 Å². The molecular formula is C14H13NO4S. The summed E-state index contributed by atoms with van der Waals surface area (Å²) in [5.41, 5.74) is 0.917. The van der Waals surface area contributed by atoms with Gasteiger partial charge in [0.1, 0.15) is 0 Å². The number of aromatic nitrogens is 1. The van der Waals surface area contributed by atoms with Crippen molar-refractivity contribution in [1.29, 1.82) is 0 Å². The van der Waals surface area contributed by atoms with Gasteiger partial charge in [0, 0.05) is 16.7 Å². The molecule has 1 unspecified atom stereocenters. The number of hydrogen-bond donors (Lipinski definition) is 1. The molecule has 5 nitrogen and oxygen atoms in total. The molecule has 0 saturated carbocycles. The lowest BCUT2D eigenvalue weighted by atomic mass is 10.2. The highest BCUT2D eigenvalue weighted by Crippen LogP contribution is 2.19. The van der Waals surface area contributed by atoms with Gasteiger partial charge in [-0.25, -0.2) is 9.78 Å². The Bertz CT molecular complexity index is 640. The SMILES string of the molecule is COc1ncccc1CS(=O)c1ccc(C(=O)O)cc1. The molecule has 0 bridgehead atoms. The van der Waals surface area contributed by atoms with Crippen molar-refractivity contribution < 1.29 is 18.8 Å². The van der Waals surface area contributed by atoms with Crippen LogP contribution in [0.2, 0.25) is 0 Å². The minimum atomic E-state index is -1.28. The van der Waals surface area contributed by atoms with E-state index in [1.807, 2.05) is 0 Å². The van der Waals surface area contributed by atoms with Gasteiger partial charge in [-0.1, -0.05) is 6.07 Å². The molecule has 1 aromatic carbocycles. The molecule has 1 aromatic heterocycles. The fourth-order valence-corrected chi connectivity index (χ4v) is 2.80. The van der Waals surface area contributed by atoms with E-state index in [0.29, 0.717) is 10.8 Å². The summed E-state index contributed by atoms with van der Waals surface area (Å²) in [7, 11) is 0.230. The van der Waals surface area contributed by atoms with Crippen molar-refractivity contribution in [3.63, 3.8) is 0 Å². The maximum absolute atomic E-state index is 12.2. The molecule has 1 N–H and O–H groups in total. The largest absolute Gasteiger partial charge is 0.481 e. The van der Waals surface area contributed by atoms with Crippen LogP contribution in [-0.2, 0) is 16.6 Å². The van der Waals surface area contributed by atoms with Crippen LogP contribution in [0.4, 0.5) is 0 Å². The number of nitrogens with zero attached hydrogens (tertiary/aromatic N) is 1. The zero-order valence-electron chi connectivity index (χ0n) is 10.8. The molecular weight excluding hydrogens is 278 g/mol. The number of ether oxygens (including phenoxy) is 1. The molecule has 20 heavy (non-hydrogen) atoms. The Hall–Kier alpha value is -2.21. The van der Waals surface area contributed by atoms with Gasteiger partial charge in [-0.2, -0.15) is 0 Å². The Kier molecular flexibility index (Phi) is 4.47. The standard InChI is InChI=1S/C14H13NO4S/c1-19-13-11(3-2-8-15-13)9-20(18)12-6-4-10(5-7-12)14(16)17/h2-8H,9H2,1H3,(H,16,17). The molecule has 1 heterocycles. The Labute approximate surface area is 118 Å². The summed E-state index contributed by atoms with van der Waals surface area (Å²) in [5.74, 6) is -0.289. The summed E-state index contributed by atoms with van der Waals surface area (Å²) < 4.78 is 17.4. The Balaban J connectivity index is 2.17. The van der Waals surface area contributed by atoms with E-state index >= 15 is 0 Å². The van der Waals surface area contributed by atoms with Gasteiger partial charge < -0.3 is 9.84 Å². The first-order valence-corrected chi connectivity index (χ1v) is 7.13. The predicted molar refractivity (Wildman–Crippen MR) is 74.3 cm³/mol. The molecule has 0 amide bonds. The van der Waals surface area contributed by atoms with E-state index in [-0.39, 0.29) is 11.3 Å². The molecule has 0 aliphatic carbocycles. The minimum absolute atomic E-state index is 0.171. The van der Waals surface area contributed by atoms with Gasteiger partial charge in [0.2, 0.25) is 5.88 Å². The molecule has 0 aliphatic rings. The molecule has 1 atom stereocenters. The maximum Gasteiger partial charge on any atom is 0.335 e. The van der Waals surface area contributed by atoms with E-state index in [1.54, 1.807) is 30.5 Å². The van der Waals surface area contributed by atoms with Crippen molar-refractivity contribution in [3.05, 3.63) is 53.7 Å². The fourth-order valence-electron chi connectivity index (χ4n) is 1.69. The van der Waals surface area contributed by atoms with Gasteiger partial charge in [-0.3, -0.25) is 4.21 Å². The highest BCUT2D eigenvalue weighted by molar-refractivity contribution is 7.84. The zero-order chi connectivity index (χ0) is 14.5. The number of carbonyl (C=O) groups is 1. The summed E-state index contributed by atoms with van der Waals surface area (Å²) in [5, 5.41) is 8.82. The third-order valence-electron chi connectivity index (χ3n) is 2.69. The second-order valence-electron chi connectivity index (χ2n) is 3.99. The lowest BCUT2D eigenvalue weighted by Gasteiger charge is -2.07. The summed E-state index contributed by atoms with van der Waals surface area (Å²) in [6.45, 7) is 0. The zero-order valence-corrected chi connectivity index (χ0v) is 11.6. The first kappa shape index (κ1) is 14.2. The summed E-state index contributed by atoms with van der Waals surface area (Å²) in [6, 6.07) is 9.55. The molecule has 2 rings (SSSR count). The molecule has 0 spiro atoms. The van der Waals surface area contributed by atoms with Crippen LogP contribution in [0, 0.1) is 0 Å². The van der Waals surface area contributed by atoms with Crippen molar-refractivity contribution in [2.45, 2.75) is 10.6 Å². The lowest BCUT2D eigenvalue weighted by Crippen LogP contribution is -2.01. The van der Waals surface area contributed by atoms with Crippen LogP contribution in [0.3, 0.4) is 0 Å². The summed E-state index contributed by atoms with van der Waals surface area (Å²) in [6.07, 6.45) is 1.60. The molecule has 0 radical (unpaired) electrons. The van der Waals surface area contributed by atoms with Crippen LogP contribution in [0.5, 0.6) is 5.88 Å². The highest BCUT2D eigenvalue weighted by atomic mass is 32.2. The van der Waals surface area contributed by atoms with E-state index in [0.717, 1.165) is 5.56 Å². The number of benzene rings is 1. The van der Waals surface area contributed by atoms with Crippen LogP contribution in [0.25, 0.3) is 0 Å². The van der Waals surface area contributed by atoms with E-state index < -0.39 is 16.8 Å². The van der Waals surface area contributed by atoms with Gasteiger partial charge >= 0.3 is 5.97 Å². The van der Waals surface area contributed by atoms with Crippen molar-refractivity contribution >= 4 is 16.8 Å². The second-order valence-corrected chi connectivity index (χ2v) is 5.44. The number of methoxy groups -OCH3 is 1. The summed E-state index contributed by atoms with van der Waals surface area (Å²) >= 11 is 0. The average Bonchev–Trinajstić information content (AvgIpc) is 2.48. The molecule has 6 heteroatoms. The van der Waals surface area contributed by atoms with Crippen molar-refractivity contribution in [3.8, 4) is 5.88 Å². The summed E-state index contributed by atoms with van der Waals surface area (Å²) in [4.78, 5) is 15.4. The molecule has 104 valence electrons. The number of hydrogen-bond acceptors (Lipinski definition) is 4. The van der Waals surface area contributed by atoms with Gasteiger partial charge in [0.15, 0.2) is 0 Å². The predicted octanol–water partition coefficient (Wildman–Crippen LogP) is 2.10. The Morgan fingerprint density at radius 3 is 2.60 bits per heavy atom. The normalized spacial score (nSPS) is 11.8. The monoisotopic (exact) mass is 291 g/mol. The highest BCUT2D eigenvalue weighted by Gasteiger charge is 2.11. The van der Waals surface area contributed by atoms with Crippen LogP contribution in [0.15, 0.2) is 47.5 Å². The Morgan fingerprint density at radius 1 is 1.30 bits per heavy atom. The third kappa shape index (κ3) is 3.21. The van der Waals surface area contributed by atoms with Crippen LogP contribution in [-0.4, -0.2) is 27.4 Å². The average molecular weight is 291 g/mol. The molecule has 0 aliphatic heterocycles. The van der Waals surface area contributed by atoms with Crippen molar-refractivity contribution in [2.75, 3.05) is 7.11 Å². The third-order valence-corrected chi connectivity index (χ3v) is 4.07. The van der Waals surface area contributed by atoms with Crippen molar-refractivity contribution in [1.82, 2.24) is 4.98 Å². The Morgan fingerprint density at radius 2 is 2.00 bits per heavy atom. The van der Waals surface area contributed by atoms with Gasteiger partial charge in [-0.15, -0.1) is 0 Å².